The third-order valence-corrected chi connectivity index (χ3v) is 7.73. The van der Waals surface area contributed by atoms with Gasteiger partial charge in [0.25, 0.3) is 0 Å². The summed E-state index contributed by atoms with van der Waals surface area (Å²) in [7, 11) is 0. The molecule has 3 aromatic rings. The number of rotatable bonds is 4. The van der Waals surface area contributed by atoms with Crippen LogP contribution in [0.15, 0.2) is 42.6 Å². The lowest BCUT2D eigenvalue weighted by Gasteiger charge is -2.42. The topological polar surface area (TPSA) is 80.6 Å². The first-order chi connectivity index (χ1) is 17.6. The Labute approximate surface area is 212 Å². The fourth-order valence-electron chi connectivity index (χ4n) is 5.89. The molecule has 5 heterocycles. The summed E-state index contributed by atoms with van der Waals surface area (Å²) >= 11 is 0. The Morgan fingerprint density at radius 2 is 1.92 bits per heavy atom. The molecular weight excluding hydrogens is 450 g/mol. The van der Waals surface area contributed by atoms with Gasteiger partial charge in [-0.25, -0.2) is 4.98 Å². The van der Waals surface area contributed by atoms with Crippen molar-refractivity contribution in [2.45, 2.75) is 38.6 Å². The number of nitrogens with one attached hydrogen (secondary N) is 1. The fourth-order valence-corrected chi connectivity index (χ4v) is 5.89. The molecule has 0 radical (unpaired) electrons. The van der Waals surface area contributed by atoms with Crippen LogP contribution in [-0.2, 0) is 11.3 Å². The zero-order valence-corrected chi connectivity index (χ0v) is 21.0. The smallest absolute Gasteiger partial charge is 0.128 e. The number of pyridine rings is 2. The monoisotopic (exact) mass is 483 g/mol. The van der Waals surface area contributed by atoms with Gasteiger partial charge in [0, 0.05) is 75.7 Å². The number of morpholine rings is 1. The third kappa shape index (κ3) is 4.39. The zero-order valence-electron chi connectivity index (χ0n) is 21.0. The van der Waals surface area contributed by atoms with E-state index in [2.05, 4.69) is 69.2 Å². The molecule has 0 unspecified atom stereocenters. The van der Waals surface area contributed by atoms with Crippen molar-refractivity contribution in [2.75, 3.05) is 55.6 Å². The lowest BCUT2D eigenvalue weighted by Crippen LogP contribution is -2.54. The van der Waals surface area contributed by atoms with Crippen molar-refractivity contribution < 1.29 is 4.74 Å². The van der Waals surface area contributed by atoms with Gasteiger partial charge in [-0.3, -0.25) is 9.88 Å². The minimum Gasteiger partial charge on any atom is -0.370 e. The third-order valence-electron chi connectivity index (χ3n) is 7.73. The molecule has 8 nitrogen and oxygen atoms in total. The number of nitrogens with zero attached hydrogens (tertiary/aromatic N) is 6. The molecule has 2 aromatic heterocycles. The normalized spacial score (nSPS) is 24.6. The highest BCUT2D eigenvalue weighted by molar-refractivity contribution is 5.95. The van der Waals surface area contributed by atoms with Crippen LogP contribution in [0, 0.1) is 11.3 Å². The quantitative estimate of drug-likeness (QED) is 0.607. The number of nitriles is 1. The van der Waals surface area contributed by atoms with E-state index >= 15 is 0 Å². The van der Waals surface area contributed by atoms with Gasteiger partial charge < -0.3 is 19.9 Å². The fraction of sp³-hybridized carbons (Fsp3) is 0.464. The summed E-state index contributed by atoms with van der Waals surface area (Å²) in [6, 6.07) is 15.1. The van der Waals surface area contributed by atoms with E-state index in [1.807, 2.05) is 12.1 Å². The number of benzene rings is 1. The highest BCUT2D eigenvalue weighted by Gasteiger charge is 2.30. The summed E-state index contributed by atoms with van der Waals surface area (Å²) < 4.78 is 6.39. The molecule has 0 amide bonds. The summed E-state index contributed by atoms with van der Waals surface area (Å²) in [5.74, 6) is 1.10. The number of anilines is 2. The number of piperazine rings is 1. The average molecular weight is 484 g/mol. The van der Waals surface area contributed by atoms with Gasteiger partial charge in [0.05, 0.1) is 29.0 Å². The van der Waals surface area contributed by atoms with Crippen molar-refractivity contribution in [2.24, 2.45) is 0 Å². The largest absolute Gasteiger partial charge is 0.370 e. The Kier molecular flexibility index (Phi) is 6.22. The number of fused-ring (bicyclic) bond motifs is 2. The van der Waals surface area contributed by atoms with E-state index in [-0.39, 0.29) is 12.2 Å². The summed E-state index contributed by atoms with van der Waals surface area (Å²) in [6.07, 6.45) is 2.03. The Balaban J connectivity index is 1.11. The molecule has 6 rings (SSSR count). The average Bonchev–Trinajstić information content (AvgIpc) is 3.28. The molecule has 3 aliphatic heterocycles. The molecule has 36 heavy (non-hydrogen) atoms. The van der Waals surface area contributed by atoms with Crippen LogP contribution in [0.5, 0.6) is 0 Å². The highest BCUT2D eigenvalue weighted by Crippen LogP contribution is 2.31. The number of ether oxygens (including phenoxy) is 1. The van der Waals surface area contributed by atoms with E-state index in [9.17, 15) is 5.26 Å². The van der Waals surface area contributed by atoms with Crippen LogP contribution in [0.1, 0.15) is 36.7 Å². The van der Waals surface area contributed by atoms with E-state index in [4.69, 9.17) is 9.72 Å². The minimum atomic E-state index is 0.133. The second kappa shape index (κ2) is 9.66. The summed E-state index contributed by atoms with van der Waals surface area (Å²) in [4.78, 5) is 16.8. The van der Waals surface area contributed by atoms with E-state index in [1.54, 1.807) is 6.20 Å². The maximum absolute atomic E-state index is 9.51. The Morgan fingerprint density at radius 3 is 2.75 bits per heavy atom. The van der Waals surface area contributed by atoms with Crippen molar-refractivity contribution in [3.63, 3.8) is 0 Å². The molecule has 0 bridgehead atoms. The van der Waals surface area contributed by atoms with Crippen molar-refractivity contribution >= 4 is 22.4 Å². The molecule has 0 spiro atoms. The Bertz CT molecular complexity index is 1300. The molecular formula is C28H33N7O. The maximum atomic E-state index is 9.51. The van der Waals surface area contributed by atoms with Crippen LogP contribution in [0.3, 0.4) is 0 Å². The first kappa shape index (κ1) is 23.2. The van der Waals surface area contributed by atoms with Gasteiger partial charge in [-0.05, 0) is 49.7 Å². The van der Waals surface area contributed by atoms with Gasteiger partial charge in [0.15, 0.2) is 0 Å². The first-order valence-corrected chi connectivity index (χ1v) is 13.0. The van der Waals surface area contributed by atoms with E-state index in [1.165, 1.54) is 11.3 Å². The van der Waals surface area contributed by atoms with Gasteiger partial charge in [-0.1, -0.05) is 6.07 Å². The van der Waals surface area contributed by atoms with E-state index in [0.717, 1.165) is 74.8 Å². The summed E-state index contributed by atoms with van der Waals surface area (Å²) in [5.41, 5.74) is 5.05. The van der Waals surface area contributed by atoms with Gasteiger partial charge >= 0.3 is 0 Å². The number of aromatic nitrogens is 2. The van der Waals surface area contributed by atoms with Crippen molar-refractivity contribution in [1.82, 2.24) is 20.2 Å². The van der Waals surface area contributed by atoms with Gasteiger partial charge in [-0.15, -0.1) is 0 Å². The highest BCUT2D eigenvalue weighted by atomic mass is 16.5. The van der Waals surface area contributed by atoms with Crippen molar-refractivity contribution in [1.29, 1.82) is 5.26 Å². The van der Waals surface area contributed by atoms with Gasteiger partial charge in [0.2, 0.25) is 0 Å². The molecule has 186 valence electrons. The Morgan fingerprint density at radius 1 is 1.06 bits per heavy atom. The lowest BCUT2D eigenvalue weighted by atomic mass is 10.1. The minimum absolute atomic E-state index is 0.133. The van der Waals surface area contributed by atoms with E-state index in [0.29, 0.717) is 11.6 Å². The number of hydrogen-bond donors (Lipinski definition) is 1. The van der Waals surface area contributed by atoms with Crippen molar-refractivity contribution in [3.8, 4) is 6.07 Å². The molecule has 0 aliphatic carbocycles. The number of hydrogen-bond acceptors (Lipinski definition) is 8. The molecule has 1 aromatic carbocycles. The molecule has 2 fully saturated rings. The predicted molar refractivity (Wildman–Crippen MR) is 141 cm³/mol. The molecule has 0 saturated carbocycles. The molecule has 3 aliphatic rings. The second-order valence-corrected chi connectivity index (χ2v) is 10.2. The van der Waals surface area contributed by atoms with Crippen LogP contribution in [0.25, 0.3) is 10.9 Å². The second-order valence-electron chi connectivity index (χ2n) is 10.2. The maximum Gasteiger partial charge on any atom is 0.128 e. The van der Waals surface area contributed by atoms with Crippen LogP contribution < -0.4 is 15.1 Å². The molecule has 3 atom stereocenters. The van der Waals surface area contributed by atoms with Crippen LogP contribution in [0.4, 0.5) is 11.5 Å². The molecule has 2 saturated heterocycles. The standard InChI is InChI=1S/C28H33N7O/c1-19-16-35(26-7-5-21(14-29)28-24(26)4-3-9-30-28)18-22(36-19)17-33-10-12-34(13-11-33)27-8-6-23-20(2)31-15-25(23)32-27/h3-9,19-20,22,31H,10-13,15-18H2,1-2H3/t19-,20-,22+/m1/s1. The van der Waals surface area contributed by atoms with Crippen LogP contribution in [0.2, 0.25) is 0 Å². The van der Waals surface area contributed by atoms with Crippen LogP contribution in [-0.4, -0.2) is 72.9 Å². The van der Waals surface area contributed by atoms with E-state index < -0.39 is 0 Å². The van der Waals surface area contributed by atoms with Crippen LogP contribution >= 0.6 is 0 Å². The lowest BCUT2D eigenvalue weighted by molar-refractivity contribution is -0.0327. The van der Waals surface area contributed by atoms with Gasteiger partial charge in [-0.2, -0.15) is 5.26 Å². The summed E-state index contributed by atoms with van der Waals surface area (Å²) in [5, 5.41) is 14.0. The van der Waals surface area contributed by atoms with Crippen molar-refractivity contribution in [3.05, 3.63) is 59.4 Å². The molecule has 8 heteroatoms. The first-order valence-electron chi connectivity index (χ1n) is 13.0. The predicted octanol–water partition coefficient (Wildman–Crippen LogP) is 3.08. The Hall–Kier alpha value is -3.25. The SMILES string of the molecule is C[C@@H]1CN(c2ccc(C#N)c3ncccc23)C[C@H](CN2CCN(c3ccc4c(n3)CN[C@@H]4C)CC2)O1. The van der Waals surface area contributed by atoms with Gasteiger partial charge in [0.1, 0.15) is 11.9 Å². The molecule has 1 N–H and O–H groups in total. The summed E-state index contributed by atoms with van der Waals surface area (Å²) in [6.45, 7) is 11.8. The zero-order chi connectivity index (χ0) is 24.6.